The number of nitrogens with zero attached hydrogens (tertiary/aromatic N) is 4. The zero-order valence-electron chi connectivity index (χ0n) is 11.6. The predicted molar refractivity (Wildman–Crippen MR) is 71.9 cm³/mol. The van der Waals surface area contributed by atoms with Crippen molar-refractivity contribution in [3.63, 3.8) is 0 Å². The Kier molecular flexibility index (Phi) is 4.28. The number of hydrogen-bond donors (Lipinski definition) is 1. The Bertz CT molecular complexity index is 538. The molecule has 0 aromatic carbocycles. The van der Waals surface area contributed by atoms with Crippen molar-refractivity contribution in [2.24, 2.45) is 0 Å². The summed E-state index contributed by atoms with van der Waals surface area (Å²) in [6.45, 7) is 4.83. The zero-order chi connectivity index (χ0) is 13.8. The summed E-state index contributed by atoms with van der Waals surface area (Å²) in [5.41, 5.74) is 1.57. The second-order valence-corrected chi connectivity index (χ2v) is 4.20. The molecule has 0 fully saturated rings. The Labute approximate surface area is 112 Å². The first kappa shape index (κ1) is 13.7. The summed E-state index contributed by atoms with van der Waals surface area (Å²) in [4.78, 5) is 12.8. The van der Waals surface area contributed by atoms with Gasteiger partial charge in [-0.3, -0.25) is 0 Å². The van der Waals surface area contributed by atoms with E-state index in [2.05, 4.69) is 20.3 Å². The molecule has 0 spiro atoms. The van der Waals surface area contributed by atoms with Crippen LogP contribution in [0.25, 0.3) is 11.2 Å². The van der Waals surface area contributed by atoms with Crippen LogP contribution in [-0.4, -0.2) is 46.1 Å². The van der Waals surface area contributed by atoms with Crippen molar-refractivity contribution < 1.29 is 9.47 Å². The van der Waals surface area contributed by atoms with Gasteiger partial charge >= 0.3 is 0 Å². The smallest absolute Gasteiger partial charge is 0.176 e. The Morgan fingerprint density at radius 3 is 2.63 bits per heavy atom. The van der Waals surface area contributed by atoms with E-state index in [-0.39, 0.29) is 12.3 Å². The van der Waals surface area contributed by atoms with Gasteiger partial charge < -0.3 is 19.4 Å². The van der Waals surface area contributed by atoms with E-state index in [1.807, 2.05) is 18.4 Å². The number of fused-ring (bicyclic) bond motifs is 1. The van der Waals surface area contributed by atoms with Gasteiger partial charge in [0, 0.05) is 20.8 Å². The average molecular weight is 265 g/mol. The fraction of sp³-hybridized carbons (Fsp3) is 0.583. The van der Waals surface area contributed by atoms with Gasteiger partial charge in [-0.2, -0.15) is 0 Å². The van der Waals surface area contributed by atoms with Gasteiger partial charge in [0.15, 0.2) is 17.8 Å². The number of methoxy groups -OCH3 is 2. The number of anilines is 1. The highest BCUT2D eigenvalue weighted by Crippen LogP contribution is 2.18. The van der Waals surface area contributed by atoms with Gasteiger partial charge in [-0.25, -0.2) is 15.0 Å². The van der Waals surface area contributed by atoms with E-state index in [0.717, 1.165) is 17.7 Å². The lowest BCUT2D eigenvalue weighted by atomic mass is 10.3. The number of imidazole rings is 1. The van der Waals surface area contributed by atoms with E-state index in [1.54, 1.807) is 20.5 Å². The van der Waals surface area contributed by atoms with Crippen molar-refractivity contribution in [1.29, 1.82) is 0 Å². The van der Waals surface area contributed by atoms with Crippen molar-refractivity contribution in [1.82, 2.24) is 19.5 Å². The summed E-state index contributed by atoms with van der Waals surface area (Å²) >= 11 is 0. The molecular weight excluding hydrogens is 246 g/mol. The Morgan fingerprint density at radius 2 is 2.00 bits per heavy atom. The van der Waals surface area contributed by atoms with Crippen LogP contribution in [-0.2, 0) is 16.0 Å². The first-order valence-electron chi connectivity index (χ1n) is 6.19. The Morgan fingerprint density at radius 1 is 1.26 bits per heavy atom. The molecule has 0 aliphatic rings. The van der Waals surface area contributed by atoms with E-state index in [9.17, 15) is 0 Å². The molecule has 2 aromatic heterocycles. The molecule has 0 amide bonds. The second kappa shape index (κ2) is 5.94. The third-order valence-corrected chi connectivity index (χ3v) is 2.98. The molecule has 0 bridgehead atoms. The molecular formula is C12H19N5O2. The van der Waals surface area contributed by atoms with E-state index in [0.29, 0.717) is 5.82 Å². The van der Waals surface area contributed by atoms with Gasteiger partial charge in [-0.1, -0.05) is 0 Å². The third-order valence-electron chi connectivity index (χ3n) is 2.98. The topological polar surface area (TPSA) is 74.1 Å². The number of hydrogen-bond acceptors (Lipinski definition) is 6. The van der Waals surface area contributed by atoms with Crippen LogP contribution in [0.2, 0.25) is 0 Å². The summed E-state index contributed by atoms with van der Waals surface area (Å²) in [5, 5.41) is 3.25. The highest BCUT2D eigenvalue weighted by Gasteiger charge is 2.18. The largest absolute Gasteiger partial charge is 0.361 e. The molecule has 2 rings (SSSR count). The van der Waals surface area contributed by atoms with Gasteiger partial charge in [0.25, 0.3) is 0 Å². The molecule has 7 heteroatoms. The molecule has 7 nitrogen and oxygen atoms in total. The molecule has 0 saturated heterocycles. The van der Waals surface area contributed by atoms with Crippen LogP contribution in [0.3, 0.4) is 0 Å². The highest BCUT2D eigenvalue weighted by atomic mass is 16.7. The van der Waals surface area contributed by atoms with Gasteiger partial charge in [-0.15, -0.1) is 0 Å². The number of aryl methyl sites for hydroxylation is 1. The number of ether oxygens (including phenoxy) is 2. The molecule has 0 aliphatic heterocycles. The van der Waals surface area contributed by atoms with Gasteiger partial charge in [0.2, 0.25) is 0 Å². The number of rotatable bonds is 6. The minimum absolute atomic E-state index is 0.0557. The van der Waals surface area contributed by atoms with Gasteiger partial charge in [0.1, 0.15) is 11.8 Å². The maximum absolute atomic E-state index is 5.22. The molecule has 0 unspecified atom stereocenters. The summed E-state index contributed by atoms with van der Waals surface area (Å²) in [6.07, 6.45) is 2.94. The van der Waals surface area contributed by atoms with Crippen LogP contribution in [0, 0.1) is 0 Å². The molecule has 1 atom stereocenters. The van der Waals surface area contributed by atoms with Gasteiger partial charge in [-0.05, 0) is 13.8 Å². The summed E-state index contributed by atoms with van der Waals surface area (Å²) in [7, 11) is 3.21. The molecule has 0 saturated carbocycles. The molecule has 2 heterocycles. The Balaban J connectivity index is 2.28. The van der Waals surface area contributed by atoms with Crippen molar-refractivity contribution in [3.8, 4) is 0 Å². The van der Waals surface area contributed by atoms with E-state index in [1.165, 1.54) is 6.33 Å². The summed E-state index contributed by atoms with van der Waals surface area (Å²) in [6, 6.07) is -0.0557. The predicted octanol–water partition coefficient (Wildman–Crippen LogP) is 1.27. The lowest BCUT2D eigenvalue weighted by Gasteiger charge is -2.22. The first-order chi connectivity index (χ1) is 9.21. The maximum atomic E-state index is 5.22. The van der Waals surface area contributed by atoms with E-state index >= 15 is 0 Å². The number of nitrogens with one attached hydrogen (secondary N) is 1. The molecule has 19 heavy (non-hydrogen) atoms. The second-order valence-electron chi connectivity index (χ2n) is 4.20. The minimum Gasteiger partial charge on any atom is -0.361 e. The van der Waals surface area contributed by atoms with E-state index < -0.39 is 0 Å². The van der Waals surface area contributed by atoms with Crippen LogP contribution >= 0.6 is 0 Å². The number of aromatic nitrogens is 4. The third kappa shape index (κ3) is 2.66. The van der Waals surface area contributed by atoms with Crippen molar-refractivity contribution in [3.05, 3.63) is 12.7 Å². The zero-order valence-corrected chi connectivity index (χ0v) is 11.6. The van der Waals surface area contributed by atoms with Gasteiger partial charge in [0.05, 0.1) is 12.4 Å². The monoisotopic (exact) mass is 265 g/mol. The van der Waals surface area contributed by atoms with Crippen molar-refractivity contribution >= 4 is 17.0 Å². The SMILES string of the molecule is CCn1cnc2c(N[C@H](C)C(OC)OC)ncnc21. The lowest BCUT2D eigenvalue weighted by Crippen LogP contribution is -2.34. The fourth-order valence-corrected chi connectivity index (χ4v) is 2.01. The minimum atomic E-state index is -0.349. The fourth-order valence-electron chi connectivity index (χ4n) is 2.01. The standard InChI is InChI=1S/C12H19N5O2/c1-5-17-7-15-9-10(13-6-14-11(9)17)16-8(2)12(18-3)19-4/h6-8,12H,5H2,1-4H3,(H,13,14,16)/t8-/m1/s1. The maximum Gasteiger partial charge on any atom is 0.176 e. The van der Waals surface area contributed by atoms with Crippen LogP contribution in [0.5, 0.6) is 0 Å². The Hall–Kier alpha value is -1.73. The average Bonchev–Trinajstić information content (AvgIpc) is 2.84. The van der Waals surface area contributed by atoms with Crippen LogP contribution in [0.1, 0.15) is 13.8 Å². The highest BCUT2D eigenvalue weighted by molar-refractivity contribution is 5.82. The van der Waals surface area contributed by atoms with Crippen molar-refractivity contribution in [2.75, 3.05) is 19.5 Å². The molecule has 2 aromatic rings. The summed E-state index contributed by atoms with van der Waals surface area (Å²) < 4.78 is 12.4. The quantitative estimate of drug-likeness (QED) is 0.793. The first-order valence-corrected chi connectivity index (χ1v) is 6.19. The molecule has 104 valence electrons. The van der Waals surface area contributed by atoms with Crippen LogP contribution < -0.4 is 5.32 Å². The van der Waals surface area contributed by atoms with Crippen LogP contribution in [0.4, 0.5) is 5.82 Å². The molecule has 1 N–H and O–H groups in total. The normalized spacial score (nSPS) is 13.1. The summed E-state index contributed by atoms with van der Waals surface area (Å²) in [5.74, 6) is 0.684. The lowest BCUT2D eigenvalue weighted by molar-refractivity contribution is -0.109. The molecule has 0 radical (unpaired) electrons. The van der Waals surface area contributed by atoms with Crippen molar-refractivity contribution in [2.45, 2.75) is 32.7 Å². The van der Waals surface area contributed by atoms with Crippen LogP contribution in [0.15, 0.2) is 12.7 Å². The molecule has 0 aliphatic carbocycles. The van der Waals surface area contributed by atoms with E-state index in [4.69, 9.17) is 9.47 Å².